The van der Waals surface area contributed by atoms with Crippen LogP contribution in [0.3, 0.4) is 0 Å². The molecule has 3 rings (SSSR count). The minimum Gasteiger partial charge on any atom is -0.443 e. The summed E-state index contributed by atoms with van der Waals surface area (Å²) in [6.07, 6.45) is -6.91. The fraction of sp³-hybridized carbons (Fsp3) is 0.550. The van der Waals surface area contributed by atoms with Gasteiger partial charge in [0.05, 0.1) is 6.61 Å². The van der Waals surface area contributed by atoms with Gasteiger partial charge in [-0.15, -0.1) is 5.10 Å². The zero-order valence-electron chi connectivity index (χ0n) is 16.9. The monoisotopic (exact) mass is 488 g/mol. The van der Waals surface area contributed by atoms with Crippen LogP contribution in [-0.4, -0.2) is 67.5 Å². The zero-order chi connectivity index (χ0) is 22.2. The van der Waals surface area contributed by atoms with Gasteiger partial charge in [-0.2, -0.15) is 0 Å². The molecule has 1 aliphatic rings. The number of aliphatic hydroxyl groups excluding tert-OH is 4. The van der Waals surface area contributed by atoms with Crippen LogP contribution in [0.1, 0.15) is 36.7 Å². The summed E-state index contributed by atoms with van der Waals surface area (Å²) in [7, 11) is 0. The van der Waals surface area contributed by atoms with E-state index < -0.39 is 37.3 Å². The average Bonchev–Trinajstić information content (AvgIpc) is 3.00. The molecule has 0 radical (unpaired) electrons. The molecule has 2 aromatic rings. The van der Waals surface area contributed by atoms with Crippen LogP contribution < -0.4 is 4.74 Å². The Morgan fingerprint density at radius 1 is 1.23 bits per heavy atom. The lowest BCUT2D eigenvalue weighted by Gasteiger charge is -2.39. The normalized spacial score (nSPS) is 26.9. The highest BCUT2D eigenvalue weighted by molar-refractivity contribution is 9.10. The second-order valence-electron chi connectivity index (χ2n) is 7.64. The van der Waals surface area contributed by atoms with Crippen LogP contribution in [0.2, 0.25) is 0 Å². The number of aromatic nitrogens is 2. The molecule has 1 aromatic carbocycles. The van der Waals surface area contributed by atoms with Gasteiger partial charge in [0, 0.05) is 28.2 Å². The number of aliphatic hydroxyl groups is 4. The lowest BCUT2D eigenvalue weighted by Crippen LogP contribution is -2.60. The molecule has 10 heteroatoms. The van der Waals surface area contributed by atoms with Crippen LogP contribution >= 0.6 is 15.9 Å². The van der Waals surface area contributed by atoms with Crippen molar-refractivity contribution in [3.05, 3.63) is 45.3 Å². The number of benzene rings is 1. The standard InChI is InChI=1S/C20H26BrFN2O6/c1-9(2)24-10(3)13(6-11-4-5-12(21)7-14(11)22)19(23-24)30-20-18(28)17(27)16(26)15(8-25)29-20/h4-5,7,9,15-18,20,25-28H,6,8H2,1-3H3/t15-,16-,17+,18-,20?/m1/s1. The van der Waals surface area contributed by atoms with Crippen LogP contribution in [0.5, 0.6) is 5.88 Å². The van der Waals surface area contributed by atoms with Crippen molar-refractivity contribution < 1.29 is 34.3 Å². The summed E-state index contributed by atoms with van der Waals surface area (Å²) >= 11 is 3.24. The summed E-state index contributed by atoms with van der Waals surface area (Å²) in [6, 6.07) is 4.75. The summed E-state index contributed by atoms with van der Waals surface area (Å²) in [6.45, 7) is 5.13. The predicted molar refractivity (Wildman–Crippen MR) is 109 cm³/mol. The van der Waals surface area contributed by atoms with Gasteiger partial charge in [0.1, 0.15) is 30.2 Å². The van der Waals surface area contributed by atoms with Crippen molar-refractivity contribution in [1.82, 2.24) is 9.78 Å². The lowest BCUT2D eigenvalue weighted by atomic mass is 9.99. The van der Waals surface area contributed by atoms with E-state index in [1.807, 2.05) is 20.8 Å². The molecule has 2 heterocycles. The van der Waals surface area contributed by atoms with Crippen molar-refractivity contribution in [2.45, 2.75) is 63.9 Å². The van der Waals surface area contributed by atoms with Gasteiger partial charge in [0.15, 0.2) is 0 Å². The summed E-state index contributed by atoms with van der Waals surface area (Å²) in [5, 5.41) is 44.1. The van der Waals surface area contributed by atoms with Crippen LogP contribution in [0.4, 0.5) is 4.39 Å². The first kappa shape index (κ1) is 23.1. The van der Waals surface area contributed by atoms with Crippen molar-refractivity contribution in [3.8, 4) is 5.88 Å². The van der Waals surface area contributed by atoms with E-state index in [-0.39, 0.29) is 24.2 Å². The maximum atomic E-state index is 14.4. The van der Waals surface area contributed by atoms with E-state index in [0.29, 0.717) is 15.6 Å². The zero-order valence-corrected chi connectivity index (χ0v) is 18.5. The van der Waals surface area contributed by atoms with Gasteiger partial charge in [-0.05, 0) is 38.5 Å². The highest BCUT2D eigenvalue weighted by Gasteiger charge is 2.45. The number of nitrogens with zero attached hydrogens (tertiary/aromatic N) is 2. The molecule has 30 heavy (non-hydrogen) atoms. The predicted octanol–water partition coefficient (Wildman–Crippen LogP) is 1.44. The van der Waals surface area contributed by atoms with Gasteiger partial charge in [0.2, 0.25) is 12.2 Å². The Kier molecular flexibility index (Phi) is 7.16. The summed E-state index contributed by atoms with van der Waals surface area (Å²) in [5.74, 6) is -0.271. The average molecular weight is 489 g/mol. The first-order chi connectivity index (χ1) is 14.1. The second-order valence-corrected chi connectivity index (χ2v) is 8.55. The van der Waals surface area contributed by atoms with Crippen molar-refractivity contribution >= 4 is 15.9 Å². The van der Waals surface area contributed by atoms with Crippen LogP contribution in [-0.2, 0) is 11.2 Å². The Morgan fingerprint density at radius 2 is 1.93 bits per heavy atom. The molecular weight excluding hydrogens is 463 g/mol. The molecule has 0 bridgehead atoms. The molecule has 0 amide bonds. The molecule has 1 aliphatic heterocycles. The molecule has 5 atom stereocenters. The quantitative estimate of drug-likeness (QED) is 0.485. The van der Waals surface area contributed by atoms with Crippen molar-refractivity contribution in [2.75, 3.05) is 6.61 Å². The Hall–Kier alpha value is -1.56. The Bertz CT molecular complexity index is 890. The second kappa shape index (κ2) is 9.29. The van der Waals surface area contributed by atoms with Crippen molar-refractivity contribution in [3.63, 3.8) is 0 Å². The number of hydrogen-bond donors (Lipinski definition) is 4. The minimum absolute atomic E-state index is 0.00864. The van der Waals surface area contributed by atoms with Gasteiger partial charge in [-0.3, -0.25) is 4.68 Å². The van der Waals surface area contributed by atoms with E-state index in [0.717, 1.165) is 5.69 Å². The van der Waals surface area contributed by atoms with E-state index in [9.17, 15) is 24.8 Å². The molecule has 1 aromatic heterocycles. The summed E-state index contributed by atoms with van der Waals surface area (Å²) < 4.78 is 28.0. The van der Waals surface area contributed by atoms with Crippen molar-refractivity contribution in [2.24, 2.45) is 0 Å². The van der Waals surface area contributed by atoms with E-state index in [4.69, 9.17) is 9.47 Å². The maximum Gasteiger partial charge on any atom is 0.239 e. The van der Waals surface area contributed by atoms with Crippen LogP contribution in [0, 0.1) is 12.7 Å². The number of hydrogen-bond acceptors (Lipinski definition) is 7. The molecule has 1 unspecified atom stereocenters. The maximum absolute atomic E-state index is 14.4. The largest absolute Gasteiger partial charge is 0.443 e. The number of ether oxygens (including phenoxy) is 2. The van der Waals surface area contributed by atoms with Crippen molar-refractivity contribution in [1.29, 1.82) is 0 Å². The Balaban J connectivity index is 1.94. The number of halogens is 2. The van der Waals surface area contributed by atoms with Gasteiger partial charge in [0.25, 0.3) is 0 Å². The molecule has 0 aliphatic carbocycles. The summed E-state index contributed by atoms with van der Waals surface area (Å²) in [4.78, 5) is 0. The SMILES string of the molecule is Cc1c(Cc2ccc(Br)cc2F)c(OC2O[C@H](CO)[C@@H](O)[C@H](O)[C@H]2O)nn1C(C)C. The molecule has 166 valence electrons. The first-order valence-electron chi connectivity index (χ1n) is 9.63. The van der Waals surface area contributed by atoms with E-state index >= 15 is 0 Å². The molecule has 1 fully saturated rings. The molecule has 8 nitrogen and oxygen atoms in total. The minimum atomic E-state index is -1.57. The van der Waals surface area contributed by atoms with Crippen LogP contribution in [0.25, 0.3) is 0 Å². The number of rotatable bonds is 6. The Labute approximate surface area is 182 Å². The van der Waals surface area contributed by atoms with Gasteiger partial charge in [-0.25, -0.2) is 4.39 Å². The van der Waals surface area contributed by atoms with E-state index in [1.165, 1.54) is 6.07 Å². The van der Waals surface area contributed by atoms with E-state index in [1.54, 1.807) is 16.8 Å². The highest BCUT2D eigenvalue weighted by Crippen LogP contribution is 2.31. The van der Waals surface area contributed by atoms with E-state index in [2.05, 4.69) is 21.0 Å². The topological polar surface area (TPSA) is 117 Å². The molecule has 0 saturated carbocycles. The van der Waals surface area contributed by atoms with Gasteiger partial charge < -0.3 is 29.9 Å². The summed E-state index contributed by atoms with van der Waals surface area (Å²) in [5.41, 5.74) is 1.79. The lowest BCUT2D eigenvalue weighted by molar-refractivity contribution is -0.278. The third-order valence-electron chi connectivity index (χ3n) is 5.18. The smallest absolute Gasteiger partial charge is 0.239 e. The molecule has 0 spiro atoms. The third-order valence-corrected chi connectivity index (χ3v) is 5.68. The highest BCUT2D eigenvalue weighted by atomic mass is 79.9. The fourth-order valence-corrected chi connectivity index (χ4v) is 3.79. The van der Waals surface area contributed by atoms with Gasteiger partial charge >= 0.3 is 0 Å². The van der Waals surface area contributed by atoms with Gasteiger partial charge in [-0.1, -0.05) is 22.0 Å². The Morgan fingerprint density at radius 3 is 2.53 bits per heavy atom. The first-order valence-corrected chi connectivity index (χ1v) is 10.4. The fourth-order valence-electron chi connectivity index (χ4n) is 3.46. The molecule has 1 saturated heterocycles. The van der Waals surface area contributed by atoms with Crippen LogP contribution in [0.15, 0.2) is 22.7 Å². The molecular formula is C20H26BrFN2O6. The molecule has 4 N–H and O–H groups in total. The third kappa shape index (κ3) is 4.53.